The molecule has 0 saturated heterocycles. The van der Waals surface area contributed by atoms with Gasteiger partial charge in [0.15, 0.2) is 0 Å². The fourth-order valence-corrected chi connectivity index (χ4v) is 5.23. The number of hydrogen-bond acceptors (Lipinski definition) is 4. The Labute approximate surface area is 222 Å². The van der Waals surface area contributed by atoms with Crippen molar-refractivity contribution in [2.75, 3.05) is 0 Å². The summed E-state index contributed by atoms with van der Waals surface area (Å²) in [5.41, 5.74) is 4.27. The number of aromatic nitrogens is 3. The minimum absolute atomic E-state index is 0.374. The molecule has 6 nitrogen and oxygen atoms in total. The summed E-state index contributed by atoms with van der Waals surface area (Å²) in [6.07, 6.45) is 3.24. The van der Waals surface area contributed by atoms with Gasteiger partial charge >= 0.3 is 5.69 Å². The van der Waals surface area contributed by atoms with E-state index in [4.69, 9.17) is 11.6 Å². The van der Waals surface area contributed by atoms with E-state index in [1.807, 2.05) is 61.5 Å². The van der Waals surface area contributed by atoms with Crippen LogP contribution in [0.25, 0.3) is 49.6 Å². The van der Waals surface area contributed by atoms with Crippen molar-refractivity contribution in [1.29, 1.82) is 5.26 Å². The van der Waals surface area contributed by atoms with Crippen molar-refractivity contribution in [1.82, 2.24) is 14.5 Å². The molecule has 6 aromatic rings. The molecule has 1 N–H and O–H groups in total. The summed E-state index contributed by atoms with van der Waals surface area (Å²) in [4.78, 5) is 34.0. The highest BCUT2D eigenvalue weighted by Gasteiger charge is 2.17. The molecule has 0 aliphatic rings. The predicted octanol–water partition coefficient (Wildman–Crippen LogP) is 6.39. The highest BCUT2D eigenvalue weighted by Crippen LogP contribution is 2.39. The molecule has 7 heteroatoms. The number of halogens is 1. The lowest BCUT2D eigenvalue weighted by Gasteiger charge is -2.15. The molecule has 0 amide bonds. The summed E-state index contributed by atoms with van der Waals surface area (Å²) in [7, 11) is 0. The number of fused-ring (bicyclic) bond motifs is 2. The van der Waals surface area contributed by atoms with Crippen LogP contribution in [0.3, 0.4) is 0 Å². The van der Waals surface area contributed by atoms with Gasteiger partial charge in [-0.3, -0.25) is 9.78 Å². The molecule has 0 aliphatic carbocycles. The standard InChI is InChI=1S/C31H19ClN4O2/c1-18-21(15-33)16-34-17-25(18)23-9-5-10-26(32)29(23)20-12-13-24-27(14-20)35-31(38)36(30(24)37)28-11-4-7-19-6-2-3-8-22(19)28/h2-14,16-17H,1H3,(H,35,38). The summed E-state index contributed by atoms with van der Waals surface area (Å²) in [5.74, 6) is 0. The van der Waals surface area contributed by atoms with E-state index in [0.29, 0.717) is 27.2 Å². The van der Waals surface area contributed by atoms with E-state index in [1.54, 1.807) is 30.5 Å². The van der Waals surface area contributed by atoms with E-state index in [2.05, 4.69) is 16.0 Å². The van der Waals surface area contributed by atoms with Gasteiger partial charge in [0.05, 0.1) is 22.2 Å². The van der Waals surface area contributed by atoms with Crippen LogP contribution in [0.5, 0.6) is 0 Å². The van der Waals surface area contributed by atoms with E-state index in [1.165, 1.54) is 10.8 Å². The lowest BCUT2D eigenvalue weighted by atomic mass is 9.91. The van der Waals surface area contributed by atoms with E-state index in [9.17, 15) is 14.9 Å². The van der Waals surface area contributed by atoms with Gasteiger partial charge in [0.1, 0.15) is 6.07 Å². The number of aromatic amines is 1. The molecule has 0 radical (unpaired) electrons. The fraction of sp³-hybridized carbons (Fsp3) is 0.0323. The molecular weight excluding hydrogens is 496 g/mol. The van der Waals surface area contributed by atoms with Crippen LogP contribution in [0.1, 0.15) is 11.1 Å². The van der Waals surface area contributed by atoms with Crippen molar-refractivity contribution in [3.05, 3.63) is 128 Å². The Morgan fingerprint density at radius 2 is 1.68 bits per heavy atom. The Kier molecular flexibility index (Phi) is 5.64. The monoisotopic (exact) mass is 514 g/mol. The molecule has 0 fully saturated rings. The lowest BCUT2D eigenvalue weighted by molar-refractivity contribution is 0.908. The number of pyridine rings is 1. The van der Waals surface area contributed by atoms with Crippen molar-refractivity contribution < 1.29 is 0 Å². The van der Waals surface area contributed by atoms with Crippen molar-refractivity contribution in [3.8, 4) is 34.0 Å². The van der Waals surface area contributed by atoms with Crippen LogP contribution in [-0.4, -0.2) is 14.5 Å². The van der Waals surface area contributed by atoms with E-state index in [0.717, 1.165) is 38.6 Å². The molecule has 2 aromatic heterocycles. The molecule has 0 atom stereocenters. The summed E-state index contributed by atoms with van der Waals surface area (Å²) < 4.78 is 1.17. The zero-order chi connectivity index (χ0) is 26.4. The Hall–Kier alpha value is -4.99. The van der Waals surface area contributed by atoms with Crippen molar-refractivity contribution in [3.63, 3.8) is 0 Å². The average Bonchev–Trinajstić information content (AvgIpc) is 2.93. The van der Waals surface area contributed by atoms with Gasteiger partial charge in [0.25, 0.3) is 5.56 Å². The normalized spacial score (nSPS) is 11.1. The molecule has 0 spiro atoms. The zero-order valence-electron chi connectivity index (χ0n) is 20.2. The topological polar surface area (TPSA) is 91.5 Å². The van der Waals surface area contributed by atoms with Crippen LogP contribution < -0.4 is 11.2 Å². The third-order valence-corrected chi connectivity index (χ3v) is 7.15. The maximum absolute atomic E-state index is 13.6. The highest BCUT2D eigenvalue weighted by atomic mass is 35.5. The summed E-state index contributed by atoms with van der Waals surface area (Å²) in [5, 5.41) is 12.1. The first-order valence-corrected chi connectivity index (χ1v) is 12.3. The van der Waals surface area contributed by atoms with Crippen LogP contribution in [0.15, 0.2) is 101 Å². The van der Waals surface area contributed by atoms with Crippen LogP contribution in [-0.2, 0) is 0 Å². The highest BCUT2D eigenvalue weighted by molar-refractivity contribution is 6.34. The minimum Gasteiger partial charge on any atom is -0.306 e. The van der Waals surface area contributed by atoms with E-state index in [-0.39, 0.29) is 0 Å². The van der Waals surface area contributed by atoms with Gasteiger partial charge in [-0.25, -0.2) is 9.36 Å². The second-order valence-corrected chi connectivity index (χ2v) is 9.37. The Bertz CT molecular complexity index is 2060. The summed E-state index contributed by atoms with van der Waals surface area (Å²) >= 11 is 6.69. The first-order chi connectivity index (χ1) is 18.5. The Morgan fingerprint density at radius 3 is 2.53 bits per heavy atom. The number of nitriles is 1. The van der Waals surface area contributed by atoms with Gasteiger partial charge in [-0.2, -0.15) is 5.26 Å². The third-order valence-electron chi connectivity index (χ3n) is 6.83. The lowest BCUT2D eigenvalue weighted by Crippen LogP contribution is -2.33. The Morgan fingerprint density at radius 1 is 0.895 bits per heavy atom. The quantitative estimate of drug-likeness (QED) is 0.296. The second-order valence-electron chi connectivity index (χ2n) is 8.96. The van der Waals surface area contributed by atoms with E-state index >= 15 is 0 Å². The Balaban J connectivity index is 1.57. The van der Waals surface area contributed by atoms with Crippen LogP contribution in [0.4, 0.5) is 0 Å². The second kappa shape index (κ2) is 9.15. The largest absolute Gasteiger partial charge is 0.333 e. The number of hydrogen-bond donors (Lipinski definition) is 1. The molecule has 182 valence electrons. The van der Waals surface area contributed by atoms with E-state index < -0.39 is 11.2 Å². The number of nitrogens with one attached hydrogen (secondary N) is 1. The molecule has 38 heavy (non-hydrogen) atoms. The van der Waals surface area contributed by atoms with Crippen molar-refractivity contribution in [2.24, 2.45) is 0 Å². The molecule has 4 aromatic carbocycles. The maximum Gasteiger partial charge on any atom is 0.333 e. The molecule has 2 heterocycles. The summed E-state index contributed by atoms with van der Waals surface area (Å²) in [6, 6.07) is 26.1. The van der Waals surface area contributed by atoms with Crippen molar-refractivity contribution in [2.45, 2.75) is 6.92 Å². The maximum atomic E-state index is 13.6. The number of nitrogens with zero attached hydrogens (tertiary/aromatic N) is 3. The van der Waals surface area contributed by atoms with Gasteiger partial charge in [0, 0.05) is 33.9 Å². The van der Waals surface area contributed by atoms with Crippen LogP contribution >= 0.6 is 11.6 Å². The van der Waals surface area contributed by atoms with Crippen LogP contribution in [0, 0.1) is 18.3 Å². The molecule has 0 bridgehead atoms. The smallest absolute Gasteiger partial charge is 0.306 e. The minimum atomic E-state index is -0.530. The molecule has 0 aliphatic heterocycles. The van der Waals surface area contributed by atoms with Gasteiger partial charge in [-0.15, -0.1) is 0 Å². The number of H-pyrrole nitrogens is 1. The van der Waals surface area contributed by atoms with Crippen molar-refractivity contribution >= 4 is 33.3 Å². The molecule has 0 saturated carbocycles. The van der Waals surface area contributed by atoms with Gasteiger partial charge in [-0.1, -0.05) is 66.2 Å². The molecular formula is C31H19ClN4O2. The first-order valence-electron chi connectivity index (χ1n) is 11.9. The molecule has 0 unspecified atom stereocenters. The van der Waals surface area contributed by atoms with Gasteiger partial charge < -0.3 is 4.98 Å². The van der Waals surface area contributed by atoms with Gasteiger partial charge in [0.2, 0.25) is 0 Å². The number of rotatable bonds is 3. The first kappa shape index (κ1) is 23.4. The molecule has 6 rings (SSSR count). The fourth-order valence-electron chi connectivity index (χ4n) is 4.95. The average molecular weight is 515 g/mol. The van der Waals surface area contributed by atoms with Crippen LogP contribution in [0.2, 0.25) is 5.02 Å². The third kappa shape index (κ3) is 3.69. The SMILES string of the molecule is Cc1c(C#N)cncc1-c1cccc(Cl)c1-c1ccc2c(=O)n(-c3cccc4ccccc34)c(=O)[nH]c2c1. The summed E-state index contributed by atoms with van der Waals surface area (Å²) in [6.45, 7) is 1.87. The zero-order valence-corrected chi connectivity index (χ0v) is 21.0. The predicted molar refractivity (Wildman–Crippen MR) is 151 cm³/mol. The van der Waals surface area contributed by atoms with Gasteiger partial charge in [-0.05, 0) is 53.3 Å². The number of benzene rings is 4.